The minimum absolute atomic E-state index is 0.416. The van der Waals surface area contributed by atoms with Crippen molar-refractivity contribution < 1.29 is 22.7 Å². The molecule has 1 amide bonds. The number of nitrogens with one attached hydrogen (secondary N) is 2. The van der Waals surface area contributed by atoms with Gasteiger partial charge in [0.25, 0.3) is 11.5 Å². The number of alkyl halides is 3. The van der Waals surface area contributed by atoms with Gasteiger partial charge < -0.3 is 15.0 Å². The van der Waals surface area contributed by atoms with E-state index in [1.807, 2.05) is 12.1 Å². The Morgan fingerprint density at radius 2 is 1.84 bits per heavy atom. The molecular formula is C23H17F3N2O3. The fraction of sp³-hybridized carbons (Fsp3) is 0.130. The van der Waals surface area contributed by atoms with Crippen LogP contribution in [0.4, 0.5) is 13.2 Å². The predicted molar refractivity (Wildman–Crippen MR) is 108 cm³/mol. The molecule has 2 N–H and O–H groups in total. The number of benzene rings is 2. The van der Waals surface area contributed by atoms with Crippen molar-refractivity contribution in [2.75, 3.05) is 0 Å². The van der Waals surface area contributed by atoms with Crippen LogP contribution >= 0.6 is 0 Å². The lowest BCUT2D eigenvalue weighted by molar-refractivity contribution is -0.141. The van der Waals surface area contributed by atoms with Crippen molar-refractivity contribution in [3.8, 4) is 11.5 Å². The summed E-state index contributed by atoms with van der Waals surface area (Å²) in [5.74, 6) is 0.285. The third-order valence-electron chi connectivity index (χ3n) is 4.95. The van der Waals surface area contributed by atoms with Crippen LogP contribution in [-0.2, 0) is 12.6 Å². The van der Waals surface area contributed by atoms with Crippen LogP contribution in [-0.4, -0.2) is 10.9 Å². The number of halogens is 3. The van der Waals surface area contributed by atoms with E-state index in [-0.39, 0.29) is 0 Å². The van der Waals surface area contributed by atoms with Gasteiger partial charge in [-0.2, -0.15) is 13.2 Å². The molecule has 31 heavy (non-hydrogen) atoms. The van der Waals surface area contributed by atoms with Crippen LogP contribution in [0.25, 0.3) is 0 Å². The van der Waals surface area contributed by atoms with Gasteiger partial charge in [-0.25, -0.2) is 0 Å². The Morgan fingerprint density at radius 3 is 2.55 bits per heavy atom. The van der Waals surface area contributed by atoms with Crippen molar-refractivity contribution >= 4 is 5.91 Å². The molecule has 2 aromatic carbocycles. The largest absolute Gasteiger partial charge is 0.457 e. The predicted octanol–water partition coefficient (Wildman–Crippen LogP) is 4.75. The Kier molecular flexibility index (Phi) is 5.14. The molecule has 1 aliphatic heterocycles. The summed E-state index contributed by atoms with van der Waals surface area (Å²) in [4.78, 5) is 26.7. The van der Waals surface area contributed by atoms with E-state index in [9.17, 15) is 22.8 Å². The third kappa shape index (κ3) is 3.96. The molecule has 0 fully saturated rings. The van der Waals surface area contributed by atoms with Gasteiger partial charge in [0, 0.05) is 11.1 Å². The Hall–Kier alpha value is -3.81. The minimum Gasteiger partial charge on any atom is -0.457 e. The quantitative estimate of drug-likeness (QED) is 0.592. The molecule has 8 heteroatoms. The number of aromatic amines is 1. The van der Waals surface area contributed by atoms with E-state index in [1.54, 1.807) is 41.4 Å². The Bertz CT molecular complexity index is 1230. The first-order chi connectivity index (χ1) is 14.8. The number of carbonyl (C=O) groups is 1. The SMILES string of the molecule is C=CCc1ccc2c(c1)C(NC(=O)c1ccc(C(F)(F)F)[nH]c1=O)c1ccccc1O2. The summed E-state index contributed by atoms with van der Waals surface area (Å²) >= 11 is 0. The molecule has 158 valence electrons. The van der Waals surface area contributed by atoms with E-state index < -0.39 is 34.9 Å². The van der Waals surface area contributed by atoms with Crippen molar-refractivity contribution in [1.82, 2.24) is 10.3 Å². The number of pyridine rings is 1. The molecule has 0 aliphatic carbocycles. The van der Waals surface area contributed by atoms with Gasteiger partial charge in [0.05, 0.1) is 6.04 Å². The molecule has 1 aliphatic rings. The van der Waals surface area contributed by atoms with E-state index in [4.69, 9.17) is 4.74 Å². The Balaban J connectivity index is 1.73. The zero-order valence-electron chi connectivity index (χ0n) is 16.1. The highest BCUT2D eigenvalue weighted by Gasteiger charge is 2.33. The van der Waals surface area contributed by atoms with E-state index in [2.05, 4.69) is 11.9 Å². The molecule has 0 saturated heterocycles. The average molecular weight is 426 g/mol. The maximum Gasteiger partial charge on any atom is 0.431 e. The lowest BCUT2D eigenvalue weighted by Crippen LogP contribution is -2.35. The highest BCUT2D eigenvalue weighted by atomic mass is 19.4. The molecular weight excluding hydrogens is 409 g/mol. The van der Waals surface area contributed by atoms with Crippen LogP contribution in [0.1, 0.15) is 38.8 Å². The summed E-state index contributed by atoms with van der Waals surface area (Å²) in [6.45, 7) is 3.73. The second-order valence-corrected chi connectivity index (χ2v) is 7.02. The number of rotatable bonds is 4. The second kappa shape index (κ2) is 7.79. The molecule has 0 saturated carbocycles. The first-order valence-corrected chi connectivity index (χ1v) is 9.40. The molecule has 0 bridgehead atoms. The maximum atomic E-state index is 12.9. The minimum atomic E-state index is -4.71. The summed E-state index contributed by atoms with van der Waals surface area (Å²) in [6, 6.07) is 13.5. The molecule has 5 nitrogen and oxygen atoms in total. The summed E-state index contributed by atoms with van der Waals surface area (Å²) in [5.41, 5.74) is -0.459. The van der Waals surface area contributed by atoms with Crippen LogP contribution in [0.15, 0.2) is 72.0 Å². The number of hydrogen-bond donors (Lipinski definition) is 2. The van der Waals surface area contributed by atoms with Gasteiger partial charge in [-0.05, 0) is 42.3 Å². The lowest BCUT2D eigenvalue weighted by Gasteiger charge is -2.29. The average Bonchev–Trinajstić information content (AvgIpc) is 2.73. The zero-order valence-corrected chi connectivity index (χ0v) is 16.1. The molecule has 0 spiro atoms. The molecule has 1 unspecified atom stereocenters. The molecule has 2 heterocycles. The van der Waals surface area contributed by atoms with Gasteiger partial charge in [0.15, 0.2) is 0 Å². The van der Waals surface area contributed by atoms with Crippen molar-refractivity contribution in [2.24, 2.45) is 0 Å². The standard InChI is InChI=1S/C23H17F3N2O3/c1-2-5-13-8-10-18-16(12-13)20(14-6-3-4-7-17(14)31-18)28-22(30)15-9-11-19(23(24,25)26)27-21(15)29/h2-4,6-12,20H,1,5H2,(H,27,29)(H,28,30). The number of para-hydroxylation sites is 1. The first-order valence-electron chi connectivity index (χ1n) is 9.40. The van der Waals surface area contributed by atoms with E-state index >= 15 is 0 Å². The van der Waals surface area contributed by atoms with E-state index in [1.165, 1.54) is 0 Å². The van der Waals surface area contributed by atoms with Crippen molar-refractivity contribution in [3.63, 3.8) is 0 Å². The maximum absolute atomic E-state index is 12.9. The van der Waals surface area contributed by atoms with Gasteiger partial charge in [0.1, 0.15) is 22.8 Å². The monoisotopic (exact) mass is 426 g/mol. The van der Waals surface area contributed by atoms with Crippen LogP contribution < -0.4 is 15.6 Å². The summed E-state index contributed by atoms with van der Waals surface area (Å²) in [6.07, 6.45) is -2.36. The highest BCUT2D eigenvalue weighted by molar-refractivity contribution is 5.94. The number of carbonyl (C=O) groups excluding carboxylic acids is 1. The molecule has 3 aromatic rings. The van der Waals surface area contributed by atoms with E-state index in [0.717, 1.165) is 11.6 Å². The summed E-state index contributed by atoms with van der Waals surface area (Å²) in [5, 5.41) is 2.77. The number of H-pyrrole nitrogens is 1. The van der Waals surface area contributed by atoms with Gasteiger partial charge in [-0.3, -0.25) is 9.59 Å². The van der Waals surface area contributed by atoms with Gasteiger partial charge in [-0.15, -0.1) is 6.58 Å². The topological polar surface area (TPSA) is 71.2 Å². The number of ether oxygens (including phenoxy) is 1. The number of amides is 1. The Morgan fingerprint density at radius 1 is 1.10 bits per heavy atom. The van der Waals surface area contributed by atoms with Crippen molar-refractivity contribution in [1.29, 1.82) is 0 Å². The molecule has 1 aromatic heterocycles. The normalized spacial score (nSPS) is 14.7. The fourth-order valence-corrected chi connectivity index (χ4v) is 3.49. The van der Waals surface area contributed by atoms with Crippen molar-refractivity contribution in [2.45, 2.75) is 18.6 Å². The molecule has 4 rings (SSSR count). The molecule has 1 atom stereocenters. The van der Waals surface area contributed by atoms with Gasteiger partial charge in [-0.1, -0.05) is 30.3 Å². The molecule has 0 radical (unpaired) electrons. The van der Waals surface area contributed by atoms with Crippen LogP contribution in [0, 0.1) is 0 Å². The second-order valence-electron chi connectivity index (χ2n) is 7.02. The van der Waals surface area contributed by atoms with Crippen LogP contribution in [0.3, 0.4) is 0 Å². The number of allylic oxidation sites excluding steroid dienone is 1. The summed E-state index contributed by atoms with van der Waals surface area (Å²) < 4.78 is 44.4. The fourth-order valence-electron chi connectivity index (χ4n) is 3.49. The summed E-state index contributed by atoms with van der Waals surface area (Å²) in [7, 11) is 0. The zero-order chi connectivity index (χ0) is 22.2. The number of aromatic nitrogens is 1. The van der Waals surface area contributed by atoms with Crippen molar-refractivity contribution in [3.05, 3.63) is 106 Å². The number of fused-ring (bicyclic) bond motifs is 2. The lowest BCUT2D eigenvalue weighted by atomic mass is 9.92. The first kappa shape index (κ1) is 20.5. The van der Waals surface area contributed by atoms with Crippen LogP contribution in [0.5, 0.6) is 11.5 Å². The Labute approximate surface area is 175 Å². The van der Waals surface area contributed by atoms with E-state index in [0.29, 0.717) is 35.1 Å². The van der Waals surface area contributed by atoms with Gasteiger partial charge in [0.2, 0.25) is 0 Å². The van der Waals surface area contributed by atoms with Crippen LogP contribution in [0.2, 0.25) is 0 Å². The highest BCUT2D eigenvalue weighted by Crippen LogP contribution is 2.43. The van der Waals surface area contributed by atoms with Gasteiger partial charge >= 0.3 is 6.18 Å². The third-order valence-corrected chi connectivity index (χ3v) is 4.95. The smallest absolute Gasteiger partial charge is 0.431 e. The number of hydrogen-bond acceptors (Lipinski definition) is 3.